The Hall–Kier alpha value is -2.12. The third-order valence-electron chi connectivity index (χ3n) is 4.00. The average Bonchev–Trinajstić information content (AvgIpc) is 2.62. The Bertz CT molecular complexity index is 630. The Morgan fingerprint density at radius 3 is 2.40 bits per heavy atom. The molecule has 136 valence electrons. The molecule has 0 aromatic heterocycles. The van der Waals surface area contributed by atoms with E-state index in [1.807, 2.05) is 11.0 Å². The van der Waals surface area contributed by atoms with Gasteiger partial charge in [0, 0.05) is 32.6 Å². The lowest BCUT2D eigenvalue weighted by molar-refractivity contribution is -0.134. The van der Waals surface area contributed by atoms with Crippen molar-refractivity contribution >= 4 is 35.0 Å². The Balaban J connectivity index is 1.73. The van der Waals surface area contributed by atoms with Gasteiger partial charge in [-0.15, -0.1) is 0 Å². The second kappa shape index (κ2) is 9.39. The molecule has 1 aliphatic rings. The van der Waals surface area contributed by atoms with E-state index in [1.165, 1.54) is 0 Å². The number of hydrogen-bond acceptors (Lipinski definition) is 4. The van der Waals surface area contributed by atoms with Crippen LogP contribution >= 0.6 is 11.6 Å². The molecule has 1 aromatic rings. The normalized spacial score (nSPS) is 14.9. The van der Waals surface area contributed by atoms with Crippen molar-refractivity contribution < 1.29 is 14.4 Å². The van der Waals surface area contributed by atoms with Gasteiger partial charge in [0.25, 0.3) is 0 Å². The molecule has 8 heteroatoms. The van der Waals surface area contributed by atoms with Gasteiger partial charge in [0.15, 0.2) is 0 Å². The largest absolute Gasteiger partial charge is 0.347 e. The molecule has 0 bridgehead atoms. The standard InChI is InChI=1S/C17H23ClN4O3/c1-2-15(23)19-11-17(25)22-9-7-21(8-10-22)12-16(24)20-14-6-4-3-5-13(14)18/h3-6H,2,7-12H2,1H3,(H,19,23)(H,20,24). The molecule has 0 unspecified atom stereocenters. The van der Waals surface area contributed by atoms with Crippen molar-refractivity contribution in [3.63, 3.8) is 0 Å². The van der Waals surface area contributed by atoms with Crippen LogP contribution in [0.4, 0.5) is 5.69 Å². The molecule has 0 saturated carbocycles. The number of hydrogen-bond donors (Lipinski definition) is 2. The van der Waals surface area contributed by atoms with E-state index in [2.05, 4.69) is 10.6 Å². The van der Waals surface area contributed by atoms with Crippen LogP contribution in [0.5, 0.6) is 0 Å². The Labute approximate surface area is 152 Å². The third-order valence-corrected chi connectivity index (χ3v) is 4.33. The lowest BCUT2D eigenvalue weighted by atomic mass is 10.3. The number of piperazine rings is 1. The summed E-state index contributed by atoms with van der Waals surface area (Å²) in [4.78, 5) is 39.0. The highest BCUT2D eigenvalue weighted by atomic mass is 35.5. The molecule has 25 heavy (non-hydrogen) atoms. The number of benzene rings is 1. The molecular weight excluding hydrogens is 344 g/mol. The molecule has 0 radical (unpaired) electrons. The van der Waals surface area contributed by atoms with Crippen molar-refractivity contribution in [2.24, 2.45) is 0 Å². The quantitative estimate of drug-likeness (QED) is 0.785. The zero-order valence-corrected chi connectivity index (χ0v) is 15.0. The topological polar surface area (TPSA) is 81.8 Å². The number of para-hydroxylation sites is 1. The number of halogens is 1. The summed E-state index contributed by atoms with van der Waals surface area (Å²) in [6, 6.07) is 7.08. The van der Waals surface area contributed by atoms with E-state index >= 15 is 0 Å². The SMILES string of the molecule is CCC(=O)NCC(=O)N1CCN(CC(=O)Nc2ccccc2Cl)CC1. The average molecular weight is 367 g/mol. The van der Waals surface area contributed by atoms with Crippen molar-refractivity contribution in [3.8, 4) is 0 Å². The molecule has 0 spiro atoms. The second-order valence-corrected chi connectivity index (χ2v) is 6.22. The number of nitrogens with one attached hydrogen (secondary N) is 2. The minimum atomic E-state index is -0.136. The van der Waals surface area contributed by atoms with E-state index in [0.717, 1.165) is 0 Å². The lowest BCUT2D eigenvalue weighted by Crippen LogP contribution is -2.52. The fourth-order valence-electron chi connectivity index (χ4n) is 2.52. The molecule has 0 aliphatic carbocycles. The smallest absolute Gasteiger partial charge is 0.242 e. The van der Waals surface area contributed by atoms with Gasteiger partial charge in [-0.1, -0.05) is 30.7 Å². The summed E-state index contributed by atoms with van der Waals surface area (Å²) >= 11 is 6.03. The molecule has 1 aliphatic heterocycles. The van der Waals surface area contributed by atoms with Gasteiger partial charge in [-0.25, -0.2) is 0 Å². The molecular formula is C17H23ClN4O3. The van der Waals surface area contributed by atoms with E-state index in [9.17, 15) is 14.4 Å². The highest BCUT2D eigenvalue weighted by Gasteiger charge is 2.22. The Morgan fingerprint density at radius 2 is 1.76 bits per heavy atom. The summed E-state index contributed by atoms with van der Waals surface area (Å²) in [6.07, 6.45) is 0.363. The Morgan fingerprint density at radius 1 is 1.08 bits per heavy atom. The first-order valence-corrected chi connectivity index (χ1v) is 8.68. The van der Waals surface area contributed by atoms with Gasteiger partial charge in [-0.05, 0) is 12.1 Å². The van der Waals surface area contributed by atoms with Crippen molar-refractivity contribution in [3.05, 3.63) is 29.3 Å². The summed E-state index contributed by atoms with van der Waals surface area (Å²) in [7, 11) is 0. The maximum Gasteiger partial charge on any atom is 0.242 e. The van der Waals surface area contributed by atoms with E-state index in [-0.39, 0.29) is 30.8 Å². The maximum atomic E-state index is 12.1. The van der Waals surface area contributed by atoms with E-state index in [4.69, 9.17) is 11.6 Å². The molecule has 1 fully saturated rings. The number of anilines is 1. The van der Waals surface area contributed by atoms with Crippen LogP contribution in [0.1, 0.15) is 13.3 Å². The Kier molecular flexibility index (Phi) is 7.21. The van der Waals surface area contributed by atoms with Crippen LogP contribution < -0.4 is 10.6 Å². The predicted octanol–water partition coefficient (Wildman–Crippen LogP) is 0.949. The van der Waals surface area contributed by atoms with Crippen molar-refractivity contribution in [2.75, 3.05) is 44.6 Å². The first kappa shape index (κ1) is 19.2. The molecule has 7 nitrogen and oxygen atoms in total. The van der Waals surface area contributed by atoms with Gasteiger partial charge in [-0.3, -0.25) is 19.3 Å². The fourth-order valence-corrected chi connectivity index (χ4v) is 2.70. The molecule has 1 heterocycles. The van der Waals surface area contributed by atoms with Gasteiger partial charge in [0.1, 0.15) is 0 Å². The van der Waals surface area contributed by atoms with Gasteiger partial charge in [0.05, 0.1) is 23.8 Å². The highest BCUT2D eigenvalue weighted by molar-refractivity contribution is 6.33. The van der Waals surface area contributed by atoms with Crippen LogP contribution in [-0.4, -0.2) is 66.8 Å². The van der Waals surface area contributed by atoms with E-state index in [1.54, 1.807) is 30.0 Å². The lowest BCUT2D eigenvalue weighted by Gasteiger charge is -2.34. The fraction of sp³-hybridized carbons (Fsp3) is 0.471. The first-order valence-electron chi connectivity index (χ1n) is 8.30. The second-order valence-electron chi connectivity index (χ2n) is 5.82. The van der Waals surface area contributed by atoms with Crippen LogP contribution in [0.3, 0.4) is 0 Å². The van der Waals surface area contributed by atoms with E-state index < -0.39 is 0 Å². The molecule has 0 atom stereocenters. The summed E-state index contributed by atoms with van der Waals surface area (Å²) in [5, 5.41) is 5.88. The number of carbonyl (C=O) groups excluding carboxylic acids is 3. The van der Waals surface area contributed by atoms with Crippen molar-refractivity contribution in [1.82, 2.24) is 15.1 Å². The number of carbonyl (C=O) groups is 3. The van der Waals surface area contributed by atoms with Gasteiger partial charge in [-0.2, -0.15) is 0 Å². The molecule has 2 rings (SSSR count). The van der Waals surface area contributed by atoms with Crippen LogP contribution in [0.25, 0.3) is 0 Å². The predicted molar refractivity (Wildman–Crippen MR) is 96.4 cm³/mol. The monoisotopic (exact) mass is 366 g/mol. The first-order chi connectivity index (χ1) is 12.0. The third kappa shape index (κ3) is 6.03. The molecule has 1 aromatic carbocycles. The number of nitrogens with zero attached hydrogens (tertiary/aromatic N) is 2. The summed E-state index contributed by atoms with van der Waals surface area (Å²) < 4.78 is 0. The minimum absolute atomic E-state index is 0.0274. The van der Waals surface area contributed by atoms with Crippen LogP contribution in [0.2, 0.25) is 5.02 Å². The summed E-state index contributed by atoms with van der Waals surface area (Å²) in [5.74, 6) is -0.367. The number of amides is 3. The van der Waals surface area contributed by atoms with Crippen molar-refractivity contribution in [2.45, 2.75) is 13.3 Å². The molecule has 2 N–H and O–H groups in total. The zero-order valence-electron chi connectivity index (χ0n) is 14.3. The maximum absolute atomic E-state index is 12.1. The van der Waals surface area contributed by atoms with Crippen molar-refractivity contribution in [1.29, 1.82) is 0 Å². The summed E-state index contributed by atoms with van der Waals surface area (Å²) in [6.45, 7) is 4.33. The van der Waals surface area contributed by atoms with Crippen LogP contribution in [0.15, 0.2) is 24.3 Å². The zero-order chi connectivity index (χ0) is 18.2. The molecule has 3 amide bonds. The van der Waals surface area contributed by atoms with Gasteiger partial charge in [0.2, 0.25) is 17.7 Å². The highest BCUT2D eigenvalue weighted by Crippen LogP contribution is 2.20. The summed E-state index contributed by atoms with van der Waals surface area (Å²) in [5.41, 5.74) is 0.592. The van der Waals surface area contributed by atoms with Crippen LogP contribution in [0, 0.1) is 0 Å². The van der Waals surface area contributed by atoms with Gasteiger partial charge >= 0.3 is 0 Å². The number of rotatable bonds is 6. The van der Waals surface area contributed by atoms with Crippen LogP contribution in [-0.2, 0) is 14.4 Å². The van der Waals surface area contributed by atoms with Gasteiger partial charge < -0.3 is 15.5 Å². The minimum Gasteiger partial charge on any atom is -0.347 e. The van der Waals surface area contributed by atoms with E-state index in [0.29, 0.717) is 43.3 Å². The molecule has 1 saturated heterocycles.